The Morgan fingerprint density at radius 1 is 1.29 bits per heavy atom. The molecule has 0 aliphatic heterocycles. The maximum Gasteiger partial charge on any atom is 0.123 e. The Morgan fingerprint density at radius 2 is 2.00 bits per heavy atom. The molecule has 0 heterocycles. The monoisotopic (exact) mass is 239 g/mol. The van der Waals surface area contributed by atoms with Gasteiger partial charge in [-0.15, -0.1) is 0 Å². The highest BCUT2D eigenvalue weighted by molar-refractivity contribution is 5.36. The minimum Gasteiger partial charge on any atom is -0.491 e. The first-order valence-corrected chi connectivity index (χ1v) is 5.96. The van der Waals surface area contributed by atoms with E-state index in [0.717, 1.165) is 17.9 Å². The van der Waals surface area contributed by atoms with Crippen molar-refractivity contribution in [3.05, 3.63) is 29.3 Å². The van der Waals surface area contributed by atoms with E-state index in [4.69, 9.17) is 4.74 Å². The summed E-state index contributed by atoms with van der Waals surface area (Å²) in [4.78, 5) is 0. The van der Waals surface area contributed by atoms with Crippen LogP contribution in [0.1, 0.15) is 31.9 Å². The Labute approximate surface area is 103 Å². The van der Waals surface area contributed by atoms with Crippen LogP contribution in [0.25, 0.3) is 0 Å². The van der Waals surface area contributed by atoms with Gasteiger partial charge in [-0.25, -0.2) is 4.39 Å². The van der Waals surface area contributed by atoms with Crippen molar-refractivity contribution in [1.82, 2.24) is 5.32 Å². The molecular formula is C14H22FNO. The summed E-state index contributed by atoms with van der Waals surface area (Å²) >= 11 is 0. The second kappa shape index (κ2) is 6.01. The lowest BCUT2D eigenvalue weighted by molar-refractivity contribution is 0.269. The predicted molar refractivity (Wildman–Crippen MR) is 69.2 cm³/mol. The largest absolute Gasteiger partial charge is 0.491 e. The van der Waals surface area contributed by atoms with Crippen LogP contribution in [0.3, 0.4) is 0 Å². The fourth-order valence-corrected chi connectivity index (χ4v) is 1.50. The predicted octanol–water partition coefficient (Wildman–Crippen LogP) is 3.23. The van der Waals surface area contributed by atoms with E-state index in [1.807, 2.05) is 19.1 Å². The quantitative estimate of drug-likeness (QED) is 0.851. The van der Waals surface area contributed by atoms with Crippen LogP contribution in [0.2, 0.25) is 0 Å². The third-order valence-corrected chi connectivity index (χ3v) is 2.36. The first kappa shape index (κ1) is 14.0. The molecule has 1 aromatic carbocycles. The number of rotatable bonds is 5. The van der Waals surface area contributed by atoms with Gasteiger partial charge in [0.05, 0.1) is 0 Å². The van der Waals surface area contributed by atoms with E-state index in [9.17, 15) is 4.39 Å². The lowest BCUT2D eigenvalue weighted by atomic mass is 10.1. The Morgan fingerprint density at radius 3 is 2.59 bits per heavy atom. The van der Waals surface area contributed by atoms with E-state index < -0.39 is 6.67 Å². The average molecular weight is 239 g/mol. The third kappa shape index (κ3) is 5.18. The molecule has 0 bridgehead atoms. The van der Waals surface area contributed by atoms with E-state index in [2.05, 4.69) is 32.2 Å². The summed E-state index contributed by atoms with van der Waals surface area (Å²) in [5.74, 6) is 0.769. The third-order valence-electron chi connectivity index (χ3n) is 2.36. The summed E-state index contributed by atoms with van der Waals surface area (Å²) in [5, 5.41) is 3.41. The van der Waals surface area contributed by atoms with Crippen molar-refractivity contribution in [2.45, 2.75) is 39.8 Å². The van der Waals surface area contributed by atoms with Gasteiger partial charge >= 0.3 is 0 Å². The maximum absolute atomic E-state index is 12.1. The zero-order chi connectivity index (χ0) is 12.9. The van der Waals surface area contributed by atoms with Gasteiger partial charge in [0.1, 0.15) is 19.0 Å². The highest BCUT2D eigenvalue weighted by atomic mass is 19.1. The van der Waals surface area contributed by atoms with Crippen molar-refractivity contribution in [2.75, 3.05) is 13.3 Å². The molecule has 0 saturated carbocycles. The number of nitrogens with one attached hydrogen (secondary N) is 1. The van der Waals surface area contributed by atoms with E-state index >= 15 is 0 Å². The minimum absolute atomic E-state index is 0.0567. The van der Waals surface area contributed by atoms with Crippen molar-refractivity contribution in [2.24, 2.45) is 0 Å². The second-order valence-electron chi connectivity index (χ2n) is 5.25. The summed E-state index contributed by atoms with van der Waals surface area (Å²) in [5.41, 5.74) is 2.32. The minimum atomic E-state index is -0.458. The van der Waals surface area contributed by atoms with Crippen molar-refractivity contribution in [1.29, 1.82) is 0 Å². The number of ether oxygens (including phenoxy) is 1. The lowest BCUT2D eigenvalue weighted by Crippen LogP contribution is -2.35. The molecule has 1 N–H and O–H groups in total. The van der Waals surface area contributed by atoms with Crippen LogP contribution in [0.5, 0.6) is 5.75 Å². The fraction of sp³-hybridized carbons (Fsp3) is 0.571. The van der Waals surface area contributed by atoms with Crippen molar-refractivity contribution in [3.8, 4) is 5.75 Å². The van der Waals surface area contributed by atoms with Gasteiger partial charge < -0.3 is 10.1 Å². The van der Waals surface area contributed by atoms with Crippen LogP contribution in [0.15, 0.2) is 18.2 Å². The Kier molecular flexibility index (Phi) is 4.94. The number of aryl methyl sites for hydroxylation is 1. The fourth-order valence-electron chi connectivity index (χ4n) is 1.50. The van der Waals surface area contributed by atoms with Crippen LogP contribution in [0.4, 0.5) is 4.39 Å². The average Bonchev–Trinajstić information content (AvgIpc) is 2.24. The first-order valence-electron chi connectivity index (χ1n) is 5.96. The highest BCUT2D eigenvalue weighted by Crippen LogP contribution is 2.20. The molecule has 0 aromatic heterocycles. The molecule has 17 heavy (non-hydrogen) atoms. The summed E-state index contributed by atoms with van der Waals surface area (Å²) in [7, 11) is 0. The van der Waals surface area contributed by atoms with Crippen molar-refractivity contribution in [3.63, 3.8) is 0 Å². The molecule has 0 aliphatic carbocycles. The Balaban J connectivity index is 2.76. The summed E-state index contributed by atoms with van der Waals surface area (Å²) in [6, 6.07) is 5.96. The van der Waals surface area contributed by atoms with Crippen LogP contribution in [0, 0.1) is 6.92 Å². The Hall–Kier alpha value is -1.09. The molecule has 0 saturated heterocycles. The second-order valence-corrected chi connectivity index (χ2v) is 5.25. The Bertz CT molecular complexity index is 358. The van der Waals surface area contributed by atoms with Crippen molar-refractivity contribution < 1.29 is 9.13 Å². The van der Waals surface area contributed by atoms with Crippen LogP contribution in [-0.4, -0.2) is 18.8 Å². The number of alkyl halides is 1. The zero-order valence-electron chi connectivity index (χ0n) is 11.1. The van der Waals surface area contributed by atoms with Crippen molar-refractivity contribution >= 4 is 0 Å². The number of benzene rings is 1. The summed E-state index contributed by atoms with van der Waals surface area (Å²) in [6.45, 7) is 8.78. The molecule has 0 spiro atoms. The van der Waals surface area contributed by atoms with E-state index in [1.165, 1.54) is 5.56 Å². The summed E-state index contributed by atoms with van der Waals surface area (Å²) < 4.78 is 17.5. The van der Waals surface area contributed by atoms with E-state index in [1.54, 1.807) is 0 Å². The van der Waals surface area contributed by atoms with Gasteiger partial charge in [0.25, 0.3) is 0 Å². The van der Waals surface area contributed by atoms with E-state index in [-0.39, 0.29) is 12.1 Å². The zero-order valence-corrected chi connectivity index (χ0v) is 11.1. The molecule has 0 fully saturated rings. The number of hydrogen-bond acceptors (Lipinski definition) is 2. The van der Waals surface area contributed by atoms with Gasteiger partial charge in [-0.05, 0) is 33.8 Å². The van der Waals surface area contributed by atoms with Gasteiger partial charge in [-0.1, -0.05) is 17.7 Å². The van der Waals surface area contributed by atoms with Gasteiger partial charge in [0.2, 0.25) is 0 Å². The maximum atomic E-state index is 12.1. The molecule has 2 nitrogen and oxygen atoms in total. The molecule has 1 rings (SSSR count). The topological polar surface area (TPSA) is 21.3 Å². The molecule has 1 aromatic rings. The first-order chi connectivity index (χ1) is 7.92. The molecule has 96 valence electrons. The lowest BCUT2D eigenvalue weighted by Gasteiger charge is -2.21. The standard InChI is InChI=1S/C14H22FNO/c1-11-5-6-13(17-8-7-15)12(9-11)10-16-14(2,3)4/h5-6,9,16H,7-8,10H2,1-4H3. The van der Waals surface area contributed by atoms with Crippen LogP contribution < -0.4 is 10.1 Å². The molecule has 0 unspecified atom stereocenters. The molecule has 0 aliphatic rings. The normalized spacial score (nSPS) is 11.6. The molecule has 3 heteroatoms. The van der Waals surface area contributed by atoms with Gasteiger partial charge in [0, 0.05) is 17.6 Å². The smallest absolute Gasteiger partial charge is 0.123 e. The van der Waals surface area contributed by atoms with Crippen LogP contribution >= 0.6 is 0 Å². The van der Waals surface area contributed by atoms with Gasteiger partial charge in [-0.3, -0.25) is 0 Å². The highest BCUT2D eigenvalue weighted by Gasteiger charge is 2.11. The molecule has 0 radical (unpaired) electrons. The number of halogens is 1. The van der Waals surface area contributed by atoms with Gasteiger partial charge in [-0.2, -0.15) is 0 Å². The molecule has 0 amide bonds. The SMILES string of the molecule is Cc1ccc(OCCF)c(CNC(C)(C)C)c1. The van der Waals surface area contributed by atoms with Crippen LogP contribution in [-0.2, 0) is 6.54 Å². The number of hydrogen-bond donors (Lipinski definition) is 1. The molecular weight excluding hydrogens is 217 g/mol. The van der Waals surface area contributed by atoms with E-state index in [0.29, 0.717) is 0 Å². The molecule has 0 atom stereocenters. The summed E-state index contributed by atoms with van der Waals surface area (Å²) in [6.07, 6.45) is 0. The van der Waals surface area contributed by atoms with Gasteiger partial charge in [0.15, 0.2) is 0 Å².